The van der Waals surface area contributed by atoms with E-state index >= 15 is 0 Å². The summed E-state index contributed by atoms with van der Waals surface area (Å²) in [6.45, 7) is 13.8. The van der Waals surface area contributed by atoms with Crippen LogP contribution in [0.5, 0.6) is 0 Å². The highest BCUT2D eigenvalue weighted by Gasteiger charge is 1.81. The quantitative estimate of drug-likeness (QED) is 0.709. The van der Waals surface area contributed by atoms with Gasteiger partial charge in [-0.15, -0.1) is 0 Å². The van der Waals surface area contributed by atoms with Gasteiger partial charge in [-0.2, -0.15) is 0 Å². The van der Waals surface area contributed by atoms with Crippen molar-refractivity contribution in [2.45, 2.75) is 34.6 Å². The van der Waals surface area contributed by atoms with Crippen molar-refractivity contribution in [3.8, 4) is 0 Å². The molecule has 0 radical (unpaired) electrons. The molecular weight excluding hydrogens is 148 g/mol. The van der Waals surface area contributed by atoms with Crippen LogP contribution in [0.15, 0.2) is 0 Å². The molecule has 0 rings (SSSR count). The molecule has 0 fully saturated rings. The van der Waals surface area contributed by atoms with E-state index in [1.165, 1.54) is 0 Å². The van der Waals surface area contributed by atoms with Crippen LogP contribution in [0.2, 0.25) is 0 Å². The molecule has 12 heavy (non-hydrogen) atoms. The second-order valence-electron chi connectivity index (χ2n) is 2.20. The van der Waals surface area contributed by atoms with Gasteiger partial charge >= 0.3 is 0 Å². The lowest BCUT2D eigenvalue weighted by atomic mass is 10.6. The molecule has 0 saturated heterocycles. The van der Waals surface area contributed by atoms with Crippen LogP contribution >= 0.6 is 0 Å². The molecule has 2 nitrogen and oxygen atoms in total. The van der Waals surface area contributed by atoms with E-state index in [-0.39, 0.29) is 0 Å². The maximum absolute atomic E-state index is 2.93. The third-order valence-electron chi connectivity index (χ3n) is 1.43. The Morgan fingerprint density at radius 1 is 1.00 bits per heavy atom. The number of nitrogens with one attached hydrogen (secondary N) is 1. The fraction of sp³-hybridized carbons (Fsp3) is 1.00. The molecule has 0 aliphatic carbocycles. The van der Waals surface area contributed by atoms with Crippen molar-refractivity contribution in [3.05, 3.63) is 0 Å². The maximum Gasteiger partial charge on any atom is -0.00504 e. The molecule has 0 bridgehead atoms. The third-order valence-corrected chi connectivity index (χ3v) is 1.43. The van der Waals surface area contributed by atoms with Gasteiger partial charge in [0.1, 0.15) is 0 Å². The van der Waals surface area contributed by atoms with Crippen LogP contribution in [0.3, 0.4) is 0 Å². The Hall–Kier alpha value is -0.0800. The second kappa shape index (κ2) is 22.4. The Kier molecular flexibility index (Phi) is 33.4. The fourth-order valence-electron chi connectivity index (χ4n) is 0.224. The summed E-state index contributed by atoms with van der Waals surface area (Å²) < 4.78 is 0. The van der Waals surface area contributed by atoms with Crippen LogP contribution in [-0.4, -0.2) is 38.6 Å². The minimum Gasteiger partial charge on any atom is -0.320 e. The minimum absolute atomic E-state index is 1.07. The van der Waals surface area contributed by atoms with Crippen LogP contribution in [0.25, 0.3) is 0 Å². The largest absolute Gasteiger partial charge is 0.320 e. The van der Waals surface area contributed by atoms with Gasteiger partial charge in [0.05, 0.1) is 0 Å². The van der Waals surface area contributed by atoms with E-state index in [0.717, 1.165) is 19.6 Å². The minimum atomic E-state index is 1.07. The lowest BCUT2D eigenvalue weighted by Gasteiger charge is -2.07. The smallest absolute Gasteiger partial charge is 0.00504 e. The molecule has 2 heteroatoms. The molecular formula is C10H28N2. The number of hydrogen-bond donors (Lipinski definition) is 1. The second-order valence-corrected chi connectivity index (χ2v) is 2.20. The summed E-state index contributed by atoms with van der Waals surface area (Å²) in [4.78, 5) is 2.25. The SMILES string of the molecule is CC.CCN(C)CC.CCNC. The van der Waals surface area contributed by atoms with Crippen molar-refractivity contribution in [1.82, 2.24) is 10.2 Å². The monoisotopic (exact) mass is 176 g/mol. The molecule has 0 spiro atoms. The lowest BCUT2D eigenvalue weighted by Crippen LogP contribution is -2.15. The fourth-order valence-corrected chi connectivity index (χ4v) is 0.224. The van der Waals surface area contributed by atoms with Crippen molar-refractivity contribution in [2.75, 3.05) is 33.7 Å². The molecule has 0 aliphatic rings. The molecule has 0 saturated carbocycles. The summed E-state index contributed by atoms with van der Waals surface area (Å²) in [5.74, 6) is 0. The predicted molar refractivity (Wildman–Crippen MR) is 59.8 cm³/mol. The molecule has 0 heterocycles. The molecule has 0 unspecified atom stereocenters. The first kappa shape index (κ1) is 17.9. The Balaban J connectivity index is -0.000000118. The molecule has 0 aliphatic heterocycles. The van der Waals surface area contributed by atoms with Crippen molar-refractivity contribution in [3.63, 3.8) is 0 Å². The summed E-state index contributed by atoms with van der Waals surface area (Å²) in [5, 5.41) is 2.93. The highest BCUT2D eigenvalue weighted by molar-refractivity contribution is 4.36. The van der Waals surface area contributed by atoms with Crippen molar-refractivity contribution >= 4 is 0 Å². The van der Waals surface area contributed by atoms with E-state index in [0.29, 0.717) is 0 Å². The van der Waals surface area contributed by atoms with Crippen molar-refractivity contribution in [1.29, 1.82) is 0 Å². The van der Waals surface area contributed by atoms with E-state index < -0.39 is 0 Å². The van der Waals surface area contributed by atoms with E-state index in [9.17, 15) is 0 Å². The first-order valence-electron chi connectivity index (χ1n) is 5.05. The highest BCUT2D eigenvalue weighted by Crippen LogP contribution is 1.73. The summed E-state index contributed by atoms with van der Waals surface area (Å²) >= 11 is 0. The number of nitrogens with zero attached hydrogens (tertiary/aromatic N) is 1. The average Bonchev–Trinajstić information content (AvgIpc) is 2.20. The van der Waals surface area contributed by atoms with Gasteiger partial charge in [0.25, 0.3) is 0 Å². The molecule has 0 amide bonds. The molecule has 78 valence electrons. The lowest BCUT2D eigenvalue weighted by molar-refractivity contribution is 0.373. The zero-order valence-corrected chi connectivity index (χ0v) is 10.1. The van der Waals surface area contributed by atoms with Crippen LogP contribution in [-0.2, 0) is 0 Å². The maximum atomic E-state index is 2.93. The van der Waals surface area contributed by atoms with Gasteiger partial charge in [0.2, 0.25) is 0 Å². The van der Waals surface area contributed by atoms with Crippen LogP contribution in [0.1, 0.15) is 34.6 Å². The first-order chi connectivity index (χ1) is 5.72. The molecule has 0 aromatic rings. The van der Waals surface area contributed by atoms with Gasteiger partial charge in [-0.25, -0.2) is 0 Å². The van der Waals surface area contributed by atoms with Gasteiger partial charge in [0, 0.05) is 0 Å². The summed E-state index contributed by atoms with van der Waals surface area (Å²) in [6, 6.07) is 0. The van der Waals surface area contributed by atoms with E-state index in [2.05, 4.69) is 38.0 Å². The predicted octanol–water partition coefficient (Wildman–Crippen LogP) is 2.21. The van der Waals surface area contributed by atoms with Crippen LogP contribution in [0, 0.1) is 0 Å². The topological polar surface area (TPSA) is 15.3 Å². The Bertz CT molecular complexity index is 41.1. The Labute approximate surface area is 79.3 Å². The summed E-state index contributed by atoms with van der Waals surface area (Å²) in [7, 11) is 4.04. The average molecular weight is 176 g/mol. The Morgan fingerprint density at radius 3 is 1.25 bits per heavy atom. The normalized spacial score (nSPS) is 8.00. The van der Waals surface area contributed by atoms with Gasteiger partial charge in [-0.1, -0.05) is 34.6 Å². The summed E-state index contributed by atoms with van der Waals surface area (Å²) in [5.41, 5.74) is 0. The third kappa shape index (κ3) is 32.6. The van der Waals surface area contributed by atoms with Gasteiger partial charge in [-0.05, 0) is 33.7 Å². The van der Waals surface area contributed by atoms with Crippen molar-refractivity contribution < 1.29 is 0 Å². The number of rotatable bonds is 3. The van der Waals surface area contributed by atoms with Gasteiger partial charge in [-0.3, -0.25) is 0 Å². The van der Waals surface area contributed by atoms with E-state index in [1.807, 2.05) is 20.9 Å². The summed E-state index contributed by atoms with van der Waals surface area (Å²) in [6.07, 6.45) is 0. The van der Waals surface area contributed by atoms with Crippen LogP contribution < -0.4 is 5.32 Å². The standard InChI is InChI=1S/C5H13N.C3H9N.C2H6/c1-4-6(3)5-2;1-3-4-2;1-2/h4-5H2,1-3H3;4H,3H2,1-2H3;1-2H3. The van der Waals surface area contributed by atoms with Crippen molar-refractivity contribution in [2.24, 2.45) is 0 Å². The van der Waals surface area contributed by atoms with Gasteiger partial charge < -0.3 is 10.2 Å². The Morgan fingerprint density at radius 2 is 1.25 bits per heavy atom. The van der Waals surface area contributed by atoms with Gasteiger partial charge in [0.15, 0.2) is 0 Å². The molecule has 0 aromatic carbocycles. The zero-order valence-electron chi connectivity index (χ0n) is 10.1. The zero-order chi connectivity index (χ0) is 10.4. The molecule has 0 aromatic heterocycles. The molecule has 1 N–H and O–H groups in total. The van der Waals surface area contributed by atoms with E-state index in [4.69, 9.17) is 0 Å². The highest BCUT2D eigenvalue weighted by atomic mass is 15.1. The van der Waals surface area contributed by atoms with Crippen LogP contribution in [0.4, 0.5) is 0 Å². The molecule has 0 atom stereocenters. The first-order valence-corrected chi connectivity index (χ1v) is 5.05. The number of hydrogen-bond acceptors (Lipinski definition) is 2. The van der Waals surface area contributed by atoms with E-state index in [1.54, 1.807) is 0 Å².